The number of aromatic amines is 1. The normalized spacial score (nSPS) is 11.6. The number of alkyl halides is 3. The van der Waals surface area contributed by atoms with E-state index in [-0.39, 0.29) is 28.4 Å². The number of halogens is 5. The first-order valence-corrected chi connectivity index (χ1v) is 10.4. The molecule has 0 aliphatic rings. The molecule has 2 heterocycles. The average Bonchev–Trinajstić information content (AvgIpc) is 3.23. The molecule has 2 aromatic heterocycles. The number of rotatable bonds is 3. The second-order valence-electron chi connectivity index (χ2n) is 7.88. The largest absolute Gasteiger partial charge is 0.416 e. The van der Waals surface area contributed by atoms with Crippen molar-refractivity contribution < 1.29 is 22.0 Å². The molecule has 5 rings (SSSR count). The van der Waals surface area contributed by atoms with Gasteiger partial charge in [-0.2, -0.15) is 18.4 Å². The number of nitrogens with one attached hydrogen (secondary N) is 1. The van der Waals surface area contributed by atoms with E-state index in [2.05, 4.69) is 9.97 Å². The van der Waals surface area contributed by atoms with Crippen molar-refractivity contribution in [2.75, 3.05) is 0 Å². The maximum atomic E-state index is 14.7. The van der Waals surface area contributed by atoms with E-state index < -0.39 is 28.9 Å². The maximum absolute atomic E-state index is 14.7. The molecule has 1 N–H and O–H groups in total. The van der Waals surface area contributed by atoms with Crippen LogP contribution in [0.25, 0.3) is 39.5 Å². The van der Waals surface area contributed by atoms with E-state index in [9.17, 15) is 26.7 Å². The van der Waals surface area contributed by atoms with Gasteiger partial charge in [-0.1, -0.05) is 24.3 Å². The minimum Gasteiger partial charge on any atom is -0.324 e. The van der Waals surface area contributed by atoms with E-state index in [4.69, 9.17) is 5.26 Å². The summed E-state index contributed by atoms with van der Waals surface area (Å²) in [5.74, 6) is -1.69. The van der Waals surface area contributed by atoms with Crippen LogP contribution in [0, 0.1) is 23.0 Å². The Morgan fingerprint density at radius 3 is 2.17 bits per heavy atom. The second kappa shape index (κ2) is 8.46. The third kappa shape index (κ3) is 4.01. The van der Waals surface area contributed by atoms with Crippen LogP contribution < -0.4 is 5.56 Å². The van der Waals surface area contributed by atoms with Crippen LogP contribution in [0.4, 0.5) is 22.0 Å². The van der Waals surface area contributed by atoms with E-state index in [0.717, 1.165) is 18.2 Å². The summed E-state index contributed by atoms with van der Waals surface area (Å²) in [5.41, 5.74) is 0.0444. The van der Waals surface area contributed by atoms with Crippen LogP contribution in [0.2, 0.25) is 0 Å². The topological polar surface area (TPSA) is 73.9 Å². The van der Waals surface area contributed by atoms with Crippen LogP contribution in [0.5, 0.6) is 0 Å². The number of aromatic nitrogens is 3. The number of fused-ring (bicyclic) bond motifs is 1. The fraction of sp³-hybridized carbons (Fsp3) is 0.0385. The lowest BCUT2D eigenvalue weighted by molar-refractivity contribution is -0.137. The fourth-order valence-electron chi connectivity index (χ4n) is 3.90. The van der Waals surface area contributed by atoms with Gasteiger partial charge in [0, 0.05) is 23.3 Å². The molecule has 0 saturated carbocycles. The molecule has 0 atom stereocenters. The van der Waals surface area contributed by atoms with Gasteiger partial charge in [-0.25, -0.2) is 18.2 Å². The summed E-state index contributed by atoms with van der Waals surface area (Å²) >= 11 is 0. The molecule has 0 radical (unpaired) electrons. The second-order valence-corrected chi connectivity index (χ2v) is 7.88. The number of nitrogens with zero attached hydrogens (tertiary/aromatic N) is 3. The molecule has 0 saturated heterocycles. The standard InChI is InChI=1S/C26H13F5N4O/c27-18-9-10-19(20(28)11-18)23-24(16-3-1-14(13-32)2-4-16)35-22(36)12-21(33-25(35)34-23)15-5-7-17(8-6-15)26(29,30)31/h1-12H,(H,33,34). The van der Waals surface area contributed by atoms with E-state index in [0.29, 0.717) is 22.8 Å². The minimum absolute atomic E-state index is 0.00418. The van der Waals surface area contributed by atoms with Gasteiger partial charge in [0.25, 0.3) is 5.56 Å². The van der Waals surface area contributed by atoms with Crippen molar-refractivity contribution in [1.82, 2.24) is 14.4 Å². The summed E-state index contributed by atoms with van der Waals surface area (Å²) in [6.07, 6.45) is -4.51. The SMILES string of the molecule is N#Cc1ccc(-c2c(-c3ccc(F)cc3F)nc3[nH]c(-c4ccc(C(F)(F)F)cc4)cc(=O)n23)cc1. The predicted molar refractivity (Wildman–Crippen MR) is 122 cm³/mol. The summed E-state index contributed by atoms with van der Waals surface area (Å²) in [7, 11) is 0. The van der Waals surface area contributed by atoms with Gasteiger partial charge in [0.05, 0.1) is 28.6 Å². The molecule has 0 amide bonds. The zero-order valence-corrected chi connectivity index (χ0v) is 18.1. The monoisotopic (exact) mass is 492 g/mol. The molecule has 36 heavy (non-hydrogen) atoms. The van der Waals surface area contributed by atoms with Crippen molar-refractivity contribution in [3.63, 3.8) is 0 Å². The molecule has 0 aliphatic heterocycles. The Morgan fingerprint density at radius 2 is 1.56 bits per heavy atom. The van der Waals surface area contributed by atoms with Gasteiger partial charge < -0.3 is 4.98 Å². The highest BCUT2D eigenvalue weighted by atomic mass is 19.4. The smallest absolute Gasteiger partial charge is 0.324 e. The Balaban J connectivity index is 1.75. The molecule has 0 fully saturated rings. The maximum Gasteiger partial charge on any atom is 0.416 e. The lowest BCUT2D eigenvalue weighted by Gasteiger charge is -2.09. The Bertz CT molecular complexity index is 1710. The quantitative estimate of drug-likeness (QED) is 0.305. The van der Waals surface area contributed by atoms with Crippen molar-refractivity contribution >= 4 is 5.78 Å². The van der Waals surface area contributed by atoms with Gasteiger partial charge in [-0.15, -0.1) is 0 Å². The summed E-state index contributed by atoms with van der Waals surface area (Å²) < 4.78 is 68.3. The lowest BCUT2D eigenvalue weighted by atomic mass is 10.0. The van der Waals surface area contributed by atoms with E-state index >= 15 is 0 Å². The Labute approximate surface area is 199 Å². The number of H-pyrrole nitrogens is 1. The molecule has 0 spiro atoms. The lowest BCUT2D eigenvalue weighted by Crippen LogP contribution is -2.14. The van der Waals surface area contributed by atoms with Crippen LogP contribution in [-0.2, 0) is 6.18 Å². The van der Waals surface area contributed by atoms with Gasteiger partial charge in [-0.05, 0) is 42.0 Å². The highest BCUT2D eigenvalue weighted by Crippen LogP contribution is 2.34. The van der Waals surface area contributed by atoms with Crippen LogP contribution >= 0.6 is 0 Å². The summed E-state index contributed by atoms with van der Waals surface area (Å²) in [6.45, 7) is 0. The van der Waals surface area contributed by atoms with Crippen LogP contribution in [-0.4, -0.2) is 14.4 Å². The van der Waals surface area contributed by atoms with Crippen molar-refractivity contribution in [3.8, 4) is 39.8 Å². The van der Waals surface area contributed by atoms with Crippen molar-refractivity contribution in [2.24, 2.45) is 0 Å². The molecule has 5 aromatic rings. The van der Waals surface area contributed by atoms with Gasteiger partial charge in [0.2, 0.25) is 5.78 Å². The zero-order chi connectivity index (χ0) is 25.6. The Kier molecular flexibility index (Phi) is 5.40. The highest BCUT2D eigenvalue weighted by Gasteiger charge is 2.30. The van der Waals surface area contributed by atoms with Gasteiger partial charge in [-0.3, -0.25) is 4.79 Å². The summed E-state index contributed by atoms with van der Waals surface area (Å²) in [5, 5.41) is 9.10. The third-order valence-electron chi connectivity index (χ3n) is 5.61. The number of imidazole rings is 1. The first-order valence-electron chi connectivity index (χ1n) is 10.4. The third-order valence-corrected chi connectivity index (χ3v) is 5.61. The van der Waals surface area contributed by atoms with Crippen LogP contribution in [0.1, 0.15) is 11.1 Å². The molecule has 3 aromatic carbocycles. The number of hydrogen-bond acceptors (Lipinski definition) is 3. The van der Waals surface area contributed by atoms with Gasteiger partial charge in [0.15, 0.2) is 0 Å². The molecule has 5 nitrogen and oxygen atoms in total. The molecular formula is C26H13F5N4O. The number of nitriles is 1. The zero-order valence-electron chi connectivity index (χ0n) is 18.1. The summed E-state index contributed by atoms with van der Waals surface area (Å²) in [6, 6.07) is 16.5. The number of benzene rings is 3. The Morgan fingerprint density at radius 1 is 0.889 bits per heavy atom. The molecule has 0 aliphatic carbocycles. The molecule has 10 heteroatoms. The van der Waals surface area contributed by atoms with Crippen molar-refractivity contribution in [1.29, 1.82) is 5.26 Å². The van der Waals surface area contributed by atoms with Gasteiger partial charge in [0.1, 0.15) is 17.3 Å². The van der Waals surface area contributed by atoms with Crippen molar-refractivity contribution in [2.45, 2.75) is 6.18 Å². The number of hydrogen-bond donors (Lipinski definition) is 1. The highest BCUT2D eigenvalue weighted by molar-refractivity contribution is 5.82. The average molecular weight is 492 g/mol. The first kappa shape index (κ1) is 23.0. The molecule has 0 unspecified atom stereocenters. The van der Waals surface area contributed by atoms with E-state index in [1.165, 1.54) is 40.8 Å². The van der Waals surface area contributed by atoms with E-state index in [1.54, 1.807) is 12.1 Å². The molecular weight excluding hydrogens is 479 g/mol. The van der Waals surface area contributed by atoms with Crippen molar-refractivity contribution in [3.05, 3.63) is 106 Å². The summed E-state index contributed by atoms with van der Waals surface area (Å²) in [4.78, 5) is 20.5. The molecule has 0 bridgehead atoms. The first-order chi connectivity index (χ1) is 17.2. The van der Waals surface area contributed by atoms with E-state index in [1.807, 2.05) is 6.07 Å². The molecule has 178 valence electrons. The fourth-order valence-corrected chi connectivity index (χ4v) is 3.90. The van der Waals surface area contributed by atoms with Crippen LogP contribution in [0.15, 0.2) is 77.6 Å². The Hall–Kier alpha value is -4.78. The van der Waals surface area contributed by atoms with Crippen LogP contribution in [0.3, 0.4) is 0 Å². The predicted octanol–water partition coefficient (Wildman–Crippen LogP) is 6.19. The minimum atomic E-state index is -4.51. The van der Waals surface area contributed by atoms with Gasteiger partial charge >= 0.3 is 6.18 Å².